The van der Waals surface area contributed by atoms with Gasteiger partial charge in [-0.2, -0.15) is 0 Å². The zero-order chi connectivity index (χ0) is 27.3. The first-order chi connectivity index (χ1) is 20.1. The summed E-state index contributed by atoms with van der Waals surface area (Å²) < 4.78 is 4.92. The highest BCUT2D eigenvalue weighted by Gasteiger charge is 2.37. The normalized spacial score (nSPS) is 13.8. The zero-order valence-corrected chi connectivity index (χ0v) is 23.1. The van der Waals surface area contributed by atoms with E-state index < -0.39 is 0 Å². The van der Waals surface area contributed by atoms with Gasteiger partial charge in [-0.1, -0.05) is 111 Å². The van der Waals surface area contributed by atoms with Gasteiger partial charge in [-0.05, 0) is 53.1 Å². The molecule has 2 heteroatoms. The minimum atomic E-state index is -0.0468. The molecule has 0 amide bonds. The second-order valence-electron chi connectivity index (χ2n) is 11.8. The molecule has 0 atom stereocenters. The maximum Gasteiger partial charge on any atom is 0.0562 e. The van der Waals surface area contributed by atoms with E-state index in [0.29, 0.717) is 0 Å². The number of hydrogen-bond donors (Lipinski definition) is 0. The maximum absolute atomic E-state index is 2.50. The second-order valence-corrected chi connectivity index (χ2v) is 11.8. The largest absolute Gasteiger partial charge is 0.309 e. The average molecular weight is 525 g/mol. The summed E-state index contributed by atoms with van der Waals surface area (Å²) >= 11 is 0. The topological polar surface area (TPSA) is 9.86 Å². The SMILES string of the molecule is CC1(C)c2ccccc2-c2c(-n3c4ccccc4c4ccc(-n5c6ccccc6c6ccccc65)cc43)cccc21. The molecule has 0 saturated heterocycles. The summed E-state index contributed by atoms with van der Waals surface area (Å²) in [4.78, 5) is 0. The molecule has 0 unspecified atom stereocenters. The van der Waals surface area contributed by atoms with E-state index in [9.17, 15) is 0 Å². The van der Waals surface area contributed by atoms with Gasteiger partial charge in [0.2, 0.25) is 0 Å². The van der Waals surface area contributed by atoms with E-state index in [1.54, 1.807) is 0 Å². The van der Waals surface area contributed by atoms with E-state index in [1.165, 1.54) is 77.2 Å². The van der Waals surface area contributed by atoms with Crippen LogP contribution >= 0.6 is 0 Å². The van der Waals surface area contributed by atoms with Gasteiger partial charge < -0.3 is 9.13 Å². The Morgan fingerprint density at radius 3 is 1.66 bits per heavy atom. The fourth-order valence-electron chi connectivity index (χ4n) is 7.48. The summed E-state index contributed by atoms with van der Waals surface area (Å²) in [6, 6.07) is 49.1. The Kier molecular flexibility index (Phi) is 4.42. The van der Waals surface area contributed by atoms with Gasteiger partial charge in [-0.3, -0.25) is 0 Å². The summed E-state index contributed by atoms with van der Waals surface area (Å²) in [5, 5.41) is 5.11. The van der Waals surface area contributed by atoms with Crippen LogP contribution in [-0.2, 0) is 5.41 Å². The lowest BCUT2D eigenvalue weighted by molar-refractivity contribution is 0.660. The van der Waals surface area contributed by atoms with Crippen LogP contribution in [0.1, 0.15) is 25.0 Å². The van der Waals surface area contributed by atoms with Crippen molar-refractivity contribution >= 4 is 43.6 Å². The molecule has 0 radical (unpaired) electrons. The molecule has 9 rings (SSSR count). The van der Waals surface area contributed by atoms with Gasteiger partial charge in [-0.25, -0.2) is 0 Å². The average Bonchev–Trinajstić information content (AvgIpc) is 3.61. The molecule has 2 heterocycles. The number of fused-ring (bicyclic) bond motifs is 9. The first-order valence-corrected chi connectivity index (χ1v) is 14.4. The number of benzene rings is 6. The molecular weight excluding hydrogens is 496 g/mol. The van der Waals surface area contributed by atoms with Crippen LogP contribution in [0.3, 0.4) is 0 Å². The van der Waals surface area contributed by atoms with E-state index in [2.05, 4.69) is 156 Å². The van der Waals surface area contributed by atoms with Crippen LogP contribution in [0.2, 0.25) is 0 Å². The Bertz CT molecular complexity index is 2290. The quantitative estimate of drug-likeness (QED) is 0.213. The van der Waals surface area contributed by atoms with E-state index >= 15 is 0 Å². The molecule has 2 nitrogen and oxygen atoms in total. The minimum absolute atomic E-state index is 0.0468. The van der Waals surface area contributed by atoms with Gasteiger partial charge in [0.25, 0.3) is 0 Å². The molecule has 0 N–H and O–H groups in total. The molecular formula is C39H28N2. The molecule has 2 aromatic heterocycles. The van der Waals surface area contributed by atoms with Crippen molar-refractivity contribution in [1.82, 2.24) is 9.13 Å². The van der Waals surface area contributed by atoms with Crippen LogP contribution in [0, 0.1) is 0 Å². The van der Waals surface area contributed by atoms with Crippen molar-refractivity contribution in [2.24, 2.45) is 0 Å². The molecule has 8 aromatic rings. The third kappa shape index (κ3) is 2.92. The lowest BCUT2D eigenvalue weighted by atomic mass is 9.82. The van der Waals surface area contributed by atoms with Crippen LogP contribution < -0.4 is 0 Å². The van der Waals surface area contributed by atoms with Gasteiger partial charge in [0.1, 0.15) is 0 Å². The molecule has 0 aliphatic heterocycles. The number of nitrogens with zero attached hydrogens (tertiary/aromatic N) is 2. The highest BCUT2D eigenvalue weighted by molar-refractivity contribution is 6.12. The molecule has 41 heavy (non-hydrogen) atoms. The zero-order valence-electron chi connectivity index (χ0n) is 23.1. The minimum Gasteiger partial charge on any atom is -0.309 e. The third-order valence-electron chi connectivity index (χ3n) is 9.32. The smallest absolute Gasteiger partial charge is 0.0562 e. The Hall–Kier alpha value is -5.08. The highest BCUT2D eigenvalue weighted by atomic mass is 15.0. The molecule has 1 aliphatic rings. The van der Waals surface area contributed by atoms with Crippen molar-refractivity contribution < 1.29 is 0 Å². The highest BCUT2D eigenvalue weighted by Crippen LogP contribution is 2.51. The fourth-order valence-corrected chi connectivity index (χ4v) is 7.48. The number of aromatic nitrogens is 2. The first kappa shape index (κ1) is 22.7. The third-order valence-corrected chi connectivity index (χ3v) is 9.32. The number of hydrogen-bond acceptors (Lipinski definition) is 0. The Labute approximate surface area is 238 Å². The van der Waals surface area contributed by atoms with Crippen LogP contribution in [0.4, 0.5) is 0 Å². The molecule has 6 aromatic carbocycles. The molecule has 0 saturated carbocycles. The van der Waals surface area contributed by atoms with Gasteiger partial charge >= 0.3 is 0 Å². The van der Waals surface area contributed by atoms with Gasteiger partial charge in [0.05, 0.1) is 27.8 Å². The molecule has 0 bridgehead atoms. The standard InChI is InChI=1S/C39H28N2/c1-39(2)31-16-7-3-15-30(31)38-32(39)17-11-21-36(38)41-35-20-10-6-14-28(35)29-23-22-25(24-37(29)41)40-33-18-8-4-12-26(33)27-13-5-9-19-34(27)40/h3-24H,1-2H3. The maximum atomic E-state index is 2.50. The Morgan fingerprint density at radius 1 is 0.439 bits per heavy atom. The first-order valence-electron chi connectivity index (χ1n) is 14.4. The van der Waals surface area contributed by atoms with E-state index in [4.69, 9.17) is 0 Å². The lowest BCUT2D eigenvalue weighted by Gasteiger charge is -2.22. The van der Waals surface area contributed by atoms with E-state index in [-0.39, 0.29) is 5.41 Å². The lowest BCUT2D eigenvalue weighted by Crippen LogP contribution is -2.15. The summed E-state index contributed by atoms with van der Waals surface area (Å²) in [5.74, 6) is 0. The van der Waals surface area contributed by atoms with Crippen molar-refractivity contribution in [3.63, 3.8) is 0 Å². The predicted molar refractivity (Wildman–Crippen MR) is 173 cm³/mol. The van der Waals surface area contributed by atoms with Crippen molar-refractivity contribution in [2.75, 3.05) is 0 Å². The second kappa shape index (κ2) is 7.99. The van der Waals surface area contributed by atoms with Gasteiger partial charge in [0, 0.05) is 38.2 Å². The van der Waals surface area contributed by atoms with Crippen LogP contribution in [-0.4, -0.2) is 9.13 Å². The van der Waals surface area contributed by atoms with Gasteiger partial charge in [0.15, 0.2) is 0 Å². The summed E-state index contributed by atoms with van der Waals surface area (Å²) in [6.07, 6.45) is 0. The van der Waals surface area contributed by atoms with Crippen molar-refractivity contribution in [3.8, 4) is 22.5 Å². The molecule has 194 valence electrons. The van der Waals surface area contributed by atoms with Crippen LogP contribution in [0.5, 0.6) is 0 Å². The predicted octanol–water partition coefficient (Wildman–Crippen LogP) is 10.2. The monoisotopic (exact) mass is 524 g/mol. The molecule has 1 aliphatic carbocycles. The number of para-hydroxylation sites is 3. The van der Waals surface area contributed by atoms with E-state index in [0.717, 1.165) is 0 Å². The summed E-state index contributed by atoms with van der Waals surface area (Å²) in [5.41, 5.74) is 12.8. The van der Waals surface area contributed by atoms with Crippen molar-refractivity contribution in [1.29, 1.82) is 0 Å². The molecule has 0 fully saturated rings. The fraction of sp³-hybridized carbons (Fsp3) is 0.0769. The van der Waals surface area contributed by atoms with E-state index in [1.807, 2.05) is 0 Å². The molecule has 0 spiro atoms. The summed E-state index contributed by atoms with van der Waals surface area (Å²) in [6.45, 7) is 4.71. The van der Waals surface area contributed by atoms with Crippen molar-refractivity contribution in [3.05, 3.63) is 145 Å². The van der Waals surface area contributed by atoms with Crippen molar-refractivity contribution in [2.45, 2.75) is 19.3 Å². The van der Waals surface area contributed by atoms with Crippen LogP contribution in [0.25, 0.3) is 66.1 Å². The number of rotatable bonds is 2. The Balaban J connectivity index is 1.41. The summed E-state index contributed by atoms with van der Waals surface area (Å²) in [7, 11) is 0. The Morgan fingerprint density at radius 2 is 0.976 bits per heavy atom. The van der Waals surface area contributed by atoms with Crippen LogP contribution in [0.15, 0.2) is 133 Å². The van der Waals surface area contributed by atoms with Gasteiger partial charge in [-0.15, -0.1) is 0 Å².